The number of nitrogens with zero attached hydrogens (tertiary/aromatic N) is 1. The van der Waals surface area contributed by atoms with E-state index >= 15 is 0 Å². The van der Waals surface area contributed by atoms with Gasteiger partial charge in [-0.1, -0.05) is 12.8 Å². The normalized spacial score (nSPS) is 17.5. The van der Waals surface area contributed by atoms with Gasteiger partial charge in [-0.2, -0.15) is 0 Å². The fourth-order valence-electron chi connectivity index (χ4n) is 1.94. The Hall–Kier alpha value is -1.10. The van der Waals surface area contributed by atoms with Gasteiger partial charge in [-0.15, -0.1) is 0 Å². The van der Waals surface area contributed by atoms with E-state index in [0.29, 0.717) is 26.1 Å². The lowest BCUT2D eigenvalue weighted by Gasteiger charge is -2.24. The van der Waals surface area contributed by atoms with E-state index in [4.69, 9.17) is 5.73 Å². The van der Waals surface area contributed by atoms with Crippen LogP contribution in [0.1, 0.15) is 38.5 Å². The van der Waals surface area contributed by atoms with E-state index in [-0.39, 0.29) is 18.4 Å². The average Bonchev–Trinajstić information content (AvgIpc) is 2.29. The summed E-state index contributed by atoms with van der Waals surface area (Å²) in [7, 11) is 0. The van der Waals surface area contributed by atoms with E-state index in [1.807, 2.05) is 0 Å². The Morgan fingerprint density at radius 1 is 1.29 bits per heavy atom. The van der Waals surface area contributed by atoms with E-state index < -0.39 is 0 Å². The van der Waals surface area contributed by atoms with Crippen LogP contribution in [0.15, 0.2) is 0 Å². The molecule has 0 saturated carbocycles. The molecular weight excluding hydrogens is 218 g/mol. The molecule has 0 unspecified atom stereocenters. The first-order valence-corrected chi connectivity index (χ1v) is 6.48. The minimum absolute atomic E-state index is 0.0765. The van der Waals surface area contributed by atoms with Crippen molar-refractivity contribution < 1.29 is 9.59 Å². The molecule has 0 bridgehead atoms. The van der Waals surface area contributed by atoms with Crippen LogP contribution >= 0.6 is 0 Å². The highest BCUT2D eigenvalue weighted by atomic mass is 16.2. The van der Waals surface area contributed by atoms with Crippen LogP contribution in [0.4, 0.5) is 0 Å². The van der Waals surface area contributed by atoms with Crippen molar-refractivity contribution in [2.45, 2.75) is 38.5 Å². The fourth-order valence-corrected chi connectivity index (χ4v) is 1.94. The molecule has 5 heteroatoms. The van der Waals surface area contributed by atoms with Crippen molar-refractivity contribution in [3.05, 3.63) is 0 Å². The number of likely N-dealkylation sites (tertiary alicyclic amines) is 1. The molecule has 0 aliphatic carbocycles. The highest BCUT2D eigenvalue weighted by Crippen LogP contribution is 2.11. The van der Waals surface area contributed by atoms with Gasteiger partial charge < -0.3 is 16.0 Å². The molecule has 3 N–H and O–H groups in total. The van der Waals surface area contributed by atoms with E-state index in [9.17, 15) is 9.59 Å². The minimum atomic E-state index is -0.0765. The van der Waals surface area contributed by atoms with Crippen LogP contribution in [0.2, 0.25) is 0 Å². The molecule has 1 aliphatic rings. The van der Waals surface area contributed by atoms with Gasteiger partial charge in [0.25, 0.3) is 0 Å². The molecule has 17 heavy (non-hydrogen) atoms. The van der Waals surface area contributed by atoms with Crippen molar-refractivity contribution in [1.29, 1.82) is 0 Å². The van der Waals surface area contributed by atoms with Gasteiger partial charge in [0, 0.05) is 19.5 Å². The lowest BCUT2D eigenvalue weighted by molar-refractivity contribution is -0.136. The summed E-state index contributed by atoms with van der Waals surface area (Å²) in [6.45, 7) is 2.08. The number of hydrogen-bond donors (Lipinski definition) is 2. The zero-order valence-electron chi connectivity index (χ0n) is 10.4. The summed E-state index contributed by atoms with van der Waals surface area (Å²) in [6, 6.07) is 0. The number of nitrogens with two attached hydrogens (primary N) is 1. The molecule has 0 aromatic rings. The average molecular weight is 241 g/mol. The number of hydrogen-bond acceptors (Lipinski definition) is 3. The zero-order chi connectivity index (χ0) is 12.5. The second-order valence-electron chi connectivity index (χ2n) is 4.47. The van der Waals surface area contributed by atoms with Crippen LogP contribution in [-0.2, 0) is 9.59 Å². The molecule has 1 saturated heterocycles. The molecule has 1 fully saturated rings. The van der Waals surface area contributed by atoms with Crippen LogP contribution in [0, 0.1) is 0 Å². The van der Waals surface area contributed by atoms with Gasteiger partial charge in [0.05, 0.1) is 6.54 Å². The summed E-state index contributed by atoms with van der Waals surface area (Å²) in [6.07, 6.45) is 5.59. The highest BCUT2D eigenvalue weighted by Gasteiger charge is 2.17. The van der Waals surface area contributed by atoms with Gasteiger partial charge in [0.15, 0.2) is 0 Å². The van der Waals surface area contributed by atoms with E-state index in [0.717, 1.165) is 32.1 Å². The maximum atomic E-state index is 11.8. The summed E-state index contributed by atoms with van der Waals surface area (Å²) in [5, 5.41) is 2.77. The number of carbonyl (C=O) groups excluding carboxylic acids is 2. The van der Waals surface area contributed by atoms with Crippen molar-refractivity contribution in [1.82, 2.24) is 10.2 Å². The first-order chi connectivity index (χ1) is 8.24. The van der Waals surface area contributed by atoms with Crippen LogP contribution in [0.5, 0.6) is 0 Å². The van der Waals surface area contributed by atoms with Gasteiger partial charge >= 0.3 is 0 Å². The Balaban J connectivity index is 2.30. The van der Waals surface area contributed by atoms with Gasteiger partial charge in [0.2, 0.25) is 11.8 Å². The van der Waals surface area contributed by atoms with Crippen molar-refractivity contribution in [2.24, 2.45) is 5.73 Å². The van der Waals surface area contributed by atoms with Gasteiger partial charge in [-0.05, 0) is 25.8 Å². The van der Waals surface area contributed by atoms with Crippen LogP contribution < -0.4 is 11.1 Å². The Kier molecular flexibility index (Phi) is 6.62. The van der Waals surface area contributed by atoms with Gasteiger partial charge in [-0.25, -0.2) is 0 Å². The molecule has 98 valence electrons. The quantitative estimate of drug-likeness (QED) is 0.677. The van der Waals surface area contributed by atoms with Crippen molar-refractivity contribution >= 4 is 11.8 Å². The van der Waals surface area contributed by atoms with Crippen molar-refractivity contribution in [3.8, 4) is 0 Å². The van der Waals surface area contributed by atoms with Crippen molar-refractivity contribution in [2.75, 3.05) is 26.2 Å². The molecular formula is C12H23N3O2. The zero-order valence-corrected chi connectivity index (χ0v) is 10.4. The predicted octanol–water partition coefficient (Wildman–Crippen LogP) is 0.244. The SMILES string of the molecule is NCCCNC(=O)CN1CCCCCCC1=O. The fraction of sp³-hybridized carbons (Fsp3) is 0.833. The highest BCUT2D eigenvalue weighted by molar-refractivity contribution is 5.84. The molecule has 0 aromatic heterocycles. The molecule has 0 atom stereocenters. The lowest BCUT2D eigenvalue weighted by Crippen LogP contribution is -2.42. The van der Waals surface area contributed by atoms with Crippen molar-refractivity contribution in [3.63, 3.8) is 0 Å². The molecule has 1 rings (SSSR count). The lowest BCUT2D eigenvalue weighted by atomic mass is 10.1. The van der Waals surface area contributed by atoms with Gasteiger partial charge in [0.1, 0.15) is 0 Å². The number of nitrogens with one attached hydrogen (secondary N) is 1. The summed E-state index contributed by atoms with van der Waals surface area (Å²) in [4.78, 5) is 25.0. The van der Waals surface area contributed by atoms with Crippen LogP contribution in [0.25, 0.3) is 0 Å². The third kappa shape index (κ3) is 5.68. The van der Waals surface area contributed by atoms with Gasteiger partial charge in [-0.3, -0.25) is 9.59 Å². The summed E-state index contributed by atoms with van der Waals surface area (Å²) >= 11 is 0. The molecule has 1 heterocycles. The Morgan fingerprint density at radius 2 is 2.06 bits per heavy atom. The predicted molar refractivity (Wildman–Crippen MR) is 66.3 cm³/mol. The van der Waals surface area contributed by atoms with Crippen LogP contribution in [0.3, 0.4) is 0 Å². The number of carbonyl (C=O) groups is 2. The maximum absolute atomic E-state index is 11.8. The summed E-state index contributed by atoms with van der Waals surface area (Å²) in [5.74, 6) is 0.0334. The summed E-state index contributed by atoms with van der Waals surface area (Å²) in [5.41, 5.74) is 5.34. The maximum Gasteiger partial charge on any atom is 0.239 e. The van der Waals surface area contributed by atoms with E-state index in [2.05, 4.69) is 5.32 Å². The minimum Gasteiger partial charge on any atom is -0.355 e. The molecule has 0 spiro atoms. The monoisotopic (exact) mass is 241 g/mol. The van der Waals surface area contributed by atoms with E-state index in [1.54, 1.807) is 4.90 Å². The third-order valence-electron chi connectivity index (χ3n) is 2.96. The first kappa shape index (κ1) is 14.0. The largest absolute Gasteiger partial charge is 0.355 e. The molecule has 5 nitrogen and oxygen atoms in total. The molecule has 1 aliphatic heterocycles. The molecule has 0 radical (unpaired) electrons. The smallest absolute Gasteiger partial charge is 0.239 e. The van der Waals surface area contributed by atoms with Crippen LogP contribution in [-0.4, -0.2) is 42.9 Å². The second kappa shape index (κ2) is 8.06. The Bertz CT molecular complexity index is 256. The second-order valence-corrected chi connectivity index (χ2v) is 4.47. The number of amides is 2. The first-order valence-electron chi connectivity index (χ1n) is 6.48. The Labute approximate surface area is 103 Å². The molecule has 2 amide bonds. The molecule has 0 aromatic carbocycles. The third-order valence-corrected chi connectivity index (χ3v) is 2.96. The Morgan fingerprint density at radius 3 is 2.82 bits per heavy atom. The van der Waals surface area contributed by atoms with E-state index in [1.165, 1.54) is 0 Å². The topological polar surface area (TPSA) is 75.4 Å². The summed E-state index contributed by atoms with van der Waals surface area (Å²) < 4.78 is 0. The number of rotatable bonds is 5. The standard InChI is InChI=1S/C12H23N3O2/c13-7-5-8-14-11(16)10-15-9-4-2-1-3-6-12(15)17/h1-10,13H2,(H,14,16).